The number of aryl methyl sites for hydroxylation is 1. The van der Waals surface area contributed by atoms with Crippen LogP contribution < -0.4 is 5.32 Å². The van der Waals surface area contributed by atoms with Gasteiger partial charge in [-0.25, -0.2) is 4.79 Å². The molecule has 0 atom stereocenters. The third-order valence-electron chi connectivity index (χ3n) is 3.59. The number of nitrogens with one attached hydrogen (secondary N) is 1. The highest BCUT2D eigenvalue weighted by atomic mass is 32.1. The fourth-order valence-corrected chi connectivity index (χ4v) is 2.98. The number of rotatable bonds is 6. The first-order chi connectivity index (χ1) is 12.8. The van der Waals surface area contributed by atoms with Crippen LogP contribution >= 0.6 is 11.3 Å². The van der Waals surface area contributed by atoms with Gasteiger partial charge in [-0.2, -0.15) is 39.5 Å². The highest BCUT2D eigenvalue weighted by molar-refractivity contribution is 7.16. The van der Waals surface area contributed by atoms with E-state index in [1.807, 2.05) is 0 Å². The zero-order valence-corrected chi connectivity index (χ0v) is 15.9. The van der Waals surface area contributed by atoms with Crippen molar-refractivity contribution >= 4 is 28.2 Å². The predicted octanol–water partition coefficient (Wildman–Crippen LogP) is 5.34. The minimum atomic E-state index is -7.21. The zero-order valence-electron chi connectivity index (χ0n) is 15.1. The standard InChI is InChI=1S/C15H14F9NO3S/c1-5(2)28-10(26)8-6(3)7(4)29-9(8)25-11(27)12(16,17)13(18,19)14(20,21)15(22,23)24/h5H,1-4H3,(H,25,27). The van der Waals surface area contributed by atoms with E-state index in [0.29, 0.717) is 11.3 Å². The van der Waals surface area contributed by atoms with Gasteiger partial charge in [0, 0.05) is 4.88 Å². The normalized spacial score (nSPS) is 13.6. The molecule has 0 bridgehead atoms. The molecule has 0 aliphatic carbocycles. The molecule has 0 radical (unpaired) electrons. The number of hydrogen-bond acceptors (Lipinski definition) is 4. The Labute approximate surface area is 162 Å². The van der Waals surface area contributed by atoms with Gasteiger partial charge in [0.15, 0.2) is 0 Å². The molecule has 1 aromatic rings. The van der Waals surface area contributed by atoms with Crippen LogP contribution in [0.25, 0.3) is 0 Å². The van der Waals surface area contributed by atoms with Gasteiger partial charge in [-0.3, -0.25) is 4.79 Å². The maximum Gasteiger partial charge on any atom is 0.460 e. The van der Waals surface area contributed by atoms with Crippen molar-refractivity contribution in [1.29, 1.82) is 0 Å². The Bertz CT molecular complexity index is 800. The third kappa shape index (κ3) is 4.31. The van der Waals surface area contributed by atoms with Gasteiger partial charge in [0.05, 0.1) is 11.7 Å². The van der Waals surface area contributed by atoms with Crippen molar-refractivity contribution in [3.63, 3.8) is 0 Å². The summed E-state index contributed by atoms with van der Waals surface area (Å²) in [5, 5.41) is 0.382. The van der Waals surface area contributed by atoms with Crippen LogP contribution in [0.3, 0.4) is 0 Å². The number of esters is 1. The molecular formula is C15H14F9NO3S. The lowest BCUT2D eigenvalue weighted by Gasteiger charge is -2.32. The molecule has 0 aliphatic heterocycles. The number of carbonyl (C=O) groups excluding carboxylic acids is 2. The second-order valence-corrected chi connectivity index (χ2v) is 7.34. The van der Waals surface area contributed by atoms with E-state index < -0.39 is 52.5 Å². The van der Waals surface area contributed by atoms with Gasteiger partial charge in [0.2, 0.25) is 0 Å². The fraction of sp³-hybridized carbons (Fsp3) is 0.600. The SMILES string of the molecule is Cc1sc(NC(=O)C(F)(F)C(F)(F)C(F)(F)C(F)(F)F)c(C(=O)OC(C)C)c1C. The molecule has 14 heteroatoms. The van der Waals surface area contributed by atoms with Crippen molar-refractivity contribution < 1.29 is 53.8 Å². The number of hydrogen-bond donors (Lipinski definition) is 1. The van der Waals surface area contributed by atoms with Gasteiger partial charge in [0.1, 0.15) is 5.00 Å². The van der Waals surface area contributed by atoms with E-state index in [0.717, 1.165) is 5.32 Å². The highest BCUT2D eigenvalue weighted by Crippen LogP contribution is 2.53. The highest BCUT2D eigenvalue weighted by Gasteiger charge is 2.83. The van der Waals surface area contributed by atoms with Gasteiger partial charge in [0.25, 0.3) is 0 Å². The molecule has 0 saturated carbocycles. The molecule has 166 valence electrons. The second-order valence-electron chi connectivity index (χ2n) is 6.12. The molecular weight excluding hydrogens is 445 g/mol. The van der Waals surface area contributed by atoms with Crippen LogP contribution in [0, 0.1) is 13.8 Å². The lowest BCUT2D eigenvalue weighted by Crippen LogP contribution is -2.64. The Hall–Kier alpha value is -1.99. The molecule has 1 N–H and O–H groups in total. The van der Waals surface area contributed by atoms with Crippen LogP contribution in [0.1, 0.15) is 34.6 Å². The number of amides is 1. The number of ether oxygens (including phenoxy) is 1. The summed E-state index contributed by atoms with van der Waals surface area (Å²) < 4.78 is 121. The van der Waals surface area contributed by atoms with E-state index in [1.165, 1.54) is 27.7 Å². The molecule has 29 heavy (non-hydrogen) atoms. The third-order valence-corrected chi connectivity index (χ3v) is 4.71. The smallest absolute Gasteiger partial charge is 0.459 e. The summed E-state index contributed by atoms with van der Waals surface area (Å²) in [4.78, 5) is 23.9. The quantitative estimate of drug-likeness (QED) is 0.462. The Morgan fingerprint density at radius 2 is 1.41 bits per heavy atom. The van der Waals surface area contributed by atoms with E-state index >= 15 is 0 Å². The Morgan fingerprint density at radius 3 is 1.83 bits per heavy atom. The van der Waals surface area contributed by atoms with Crippen LogP contribution in [-0.2, 0) is 9.53 Å². The van der Waals surface area contributed by atoms with Gasteiger partial charge >= 0.3 is 35.8 Å². The summed E-state index contributed by atoms with van der Waals surface area (Å²) in [5.41, 5.74) is -0.414. The topological polar surface area (TPSA) is 55.4 Å². The largest absolute Gasteiger partial charge is 0.460 e. The number of carbonyl (C=O) groups is 2. The molecule has 0 spiro atoms. The van der Waals surface area contributed by atoms with E-state index in [2.05, 4.69) is 0 Å². The van der Waals surface area contributed by atoms with Crippen molar-refractivity contribution in [1.82, 2.24) is 0 Å². The first kappa shape index (κ1) is 25.0. The van der Waals surface area contributed by atoms with Crippen molar-refractivity contribution in [2.45, 2.75) is 57.7 Å². The molecule has 1 rings (SSSR count). The summed E-state index contributed by atoms with van der Waals surface area (Å²) in [6.45, 7) is 5.48. The van der Waals surface area contributed by atoms with Crippen molar-refractivity contribution in [3.8, 4) is 0 Å². The van der Waals surface area contributed by atoms with Crippen molar-refractivity contribution in [2.75, 3.05) is 5.32 Å². The zero-order chi connectivity index (χ0) is 23.2. The van der Waals surface area contributed by atoms with Crippen LogP contribution in [0.5, 0.6) is 0 Å². The monoisotopic (exact) mass is 459 g/mol. The number of alkyl halides is 9. The van der Waals surface area contributed by atoms with Crippen LogP contribution in [0.2, 0.25) is 0 Å². The van der Waals surface area contributed by atoms with E-state index in [-0.39, 0.29) is 10.4 Å². The average molecular weight is 459 g/mol. The Balaban J connectivity index is 3.34. The summed E-state index contributed by atoms with van der Waals surface area (Å²) in [7, 11) is 0. The molecule has 4 nitrogen and oxygen atoms in total. The van der Waals surface area contributed by atoms with Gasteiger partial charge in [-0.1, -0.05) is 0 Å². The number of anilines is 1. The molecule has 0 aliphatic rings. The fourth-order valence-electron chi connectivity index (χ4n) is 1.93. The molecule has 1 heterocycles. The lowest BCUT2D eigenvalue weighted by atomic mass is 10.0. The van der Waals surface area contributed by atoms with E-state index in [1.54, 1.807) is 0 Å². The maximum atomic E-state index is 13.7. The Kier molecular flexibility index (Phi) is 6.64. The van der Waals surface area contributed by atoms with Gasteiger partial charge in [-0.05, 0) is 33.3 Å². The van der Waals surface area contributed by atoms with Crippen molar-refractivity contribution in [3.05, 3.63) is 16.0 Å². The first-order valence-electron chi connectivity index (χ1n) is 7.61. The molecule has 0 unspecified atom stereocenters. The van der Waals surface area contributed by atoms with E-state index in [9.17, 15) is 49.1 Å². The van der Waals surface area contributed by atoms with Crippen molar-refractivity contribution in [2.24, 2.45) is 0 Å². The van der Waals surface area contributed by atoms with Crippen LogP contribution in [0.15, 0.2) is 0 Å². The molecule has 1 amide bonds. The maximum absolute atomic E-state index is 13.7. The average Bonchev–Trinajstić information content (AvgIpc) is 2.79. The second kappa shape index (κ2) is 7.69. The molecule has 1 aromatic heterocycles. The number of halogens is 9. The molecule has 0 fully saturated rings. The lowest BCUT2D eigenvalue weighted by molar-refractivity contribution is -0.388. The summed E-state index contributed by atoms with van der Waals surface area (Å²) in [6, 6.07) is 0. The van der Waals surface area contributed by atoms with Gasteiger partial charge in [-0.15, -0.1) is 11.3 Å². The minimum Gasteiger partial charge on any atom is -0.459 e. The summed E-state index contributed by atoms with van der Waals surface area (Å²) in [6.07, 6.45) is -7.76. The summed E-state index contributed by atoms with van der Waals surface area (Å²) >= 11 is 0.444. The van der Waals surface area contributed by atoms with E-state index in [4.69, 9.17) is 4.74 Å². The summed E-state index contributed by atoms with van der Waals surface area (Å²) in [5.74, 6) is -25.1. The Morgan fingerprint density at radius 1 is 0.931 bits per heavy atom. The van der Waals surface area contributed by atoms with Gasteiger partial charge < -0.3 is 10.1 Å². The number of thiophene rings is 1. The first-order valence-corrected chi connectivity index (χ1v) is 8.43. The predicted molar refractivity (Wildman–Crippen MR) is 83.9 cm³/mol. The van der Waals surface area contributed by atoms with Crippen LogP contribution in [-0.4, -0.2) is 41.9 Å². The molecule has 0 saturated heterocycles. The van der Waals surface area contributed by atoms with Crippen LogP contribution in [0.4, 0.5) is 44.5 Å². The minimum absolute atomic E-state index is 0.103. The molecule has 0 aromatic carbocycles.